The molecule has 0 spiro atoms. The third-order valence-corrected chi connectivity index (χ3v) is 3.48. The fraction of sp³-hybridized carbons (Fsp3) is 0.400. The van der Waals surface area contributed by atoms with Gasteiger partial charge in [0.15, 0.2) is 0 Å². The molecule has 2 N–H and O–H groups in total. The molecular weight excluding hydrogens is 210 g/mol. The maximum absolute atomic E-state index is 8.77. The lowest BCUT2D eigenvalue weighted by atomic mass is 10.2. The number of aryl methyl sites for hydroxylation is 2. The van der Waals surface area contributed by atoms with Crippen molar-refractivity contribution in [2.75, 3.05) is 18.5 Å². The summed E-state index contributed by atoms with van der Waals surface area (Å²) >= 11 is 1.67. The highest BCUT2D eigenvalue weighted by Gasteiger charge is 2.10. The van der Waals surface area contributed by atoms with Gasteiger partial charge in [0.25, 0.3) is 0 Å². The lowest BCUT2D eigenvalue weighted by molar-refractivity contribution is 0.311. The monoisotopic (exact) mass is 223 g/mol. The Balaban J connectivity index is 2.53. The van der Waals surface area contributed by atoms with E-state index in [1.165, 1.54) is 10.4 Å². The van der Waals surface area contributed by atoms with E-state index < -0.39 is 0 Å². The second kappa shape index (κ2) is 4.12. The summed E-state index contributed by atoms with van der Waals surface area (Å²) in [7, 11) is 0. The number of rotatable bonds is 3. The summed E-state index contributed by atoms with van der Waals surface area (Å²) in [5, 5.41) is 12.9. The number of aliphatic hydroxyl groups is 1. The second-order valence-corrected chi connectivity index (χ2v) is 4.54. The lowest BCUT2D eigenvalue weighted by Gasteiger charge is -2.04. The second-order valence-electron chi connectivity index (χ2n) is 3.34. The van der Waals surface area contributed by atoms with Crippen LogP contribution in [0, 0.1) is 13.8 Å². The van der Waals surface area contributed by atoms with Crippen LogP contribution >= 0.6 is 11.3 Å². The molecular formula is C10H13N3OS. The molecule has 0 saturated heterocycles. The van der Waals surface area contributed by atoms with Crippen LogP contribution in [0.2, 0.25) is 0 Å². The number of aliphatic hydroxyl groups excluding tert-OH is 1. The highest BCUT2D eigenvalue weighted by molar-refractivity contribution is 7.18. The molecule has 0 unspecified atom stereocenters. The average Bonchev–Trinajstić information content (AvgIpc) is 2.53. The first-order chi connectivity index (χ1) is 7.24. The number of nitrogens with one attached hydrogen (secondary N) is 1. The Morgan fingerprint density at radius 2 is 2.20 bits per heavy atom. The van der Waals surface area contributed by atoms with Gasteiger partial charge in [-0.2, -0.15) is 0 Å². The molecule has 0 amide bonds. The molecule has 0 saturated carbocycles. The van der Waals surface area contributed by atoms with Crippen LogP contribution in [0.5, 0.6) is 0 Å². The van der Waals surface area contributed by atoms with E-state index in [0.717, 1.165) is 16.0 Å². The van der Waals surface area contributed by atoms with Crippen LogP contribution in [0.1, 0.15) is 10.4 Å². The lowest BCUT2D eigenvalue weighted by Crippen LogP contribution is -2.07. The molecule has 15 heavy (non-hydrogen) atoms. The first kappa shape index (κ1) is 10.3. The van der Waals surface area contributed by atoms with Crippen LogP contribution in [0.3, 0.4) is 0 Å². The van der Waals surface area contributed by atoms with Crippen LogP contribution in [0.15, 0.2) is 6.33 Å². The third kappa shape index (κ3) is 1.80. The Labute approximate surface area is 92.0 Å². The van der Waals surface area contributed by atoms with E-state index in [1.807, 2.05) is 0 Å². The molecule has 0 bridgehead atoms. The average molecular weight is 223 g/mol. The van der Waals surface area contributed by atoms with Gasteiger partial charge in [-0.15, -0.1) is 11.3 Å². The topological polar surface area (TPSA) is 58.0 Å². The quantitative estimate of drug-likeness (QED) is 0.831. The molecule has 0 radical (unpaired) electrons. The van der Waals surface area contributed by atoms with Gasteiger partial charge in [0.1, 0.15) is 17.0 Å². The molecule has 0 aliphatic carbocycles. The van der Waals surface area contributed by atoms with Crippen molar-refractivity contribution >= 4 is 27.4 Å². The van der Waals surface area contributed by atoms with Gasteiger partial charge in [-0.1, -0.05) is 0 Å². The van der Waals surface area contributed by atoms with Crippen molar-refractivity contribution in [1.29, 1.82) is 0 Å². The highest BCUT2D eigenvalue weighted by atomic mass is 32.1. The normalized spacial score (nSPS) is 10.9. The first-order valence-corrected chi connectivity index (χ1v) is 5.61. The number of thiophene rings is 1. The van der Waals surface area contributed by atoms with E-state index in [-0.39, 0.29) is 6.61 Å². The summed E-state index contributed by atoms with van der Waals surface area (Å²) in [5.41, 5.74) is 1.22. The Kier molecular flexibility index (Phi) is 2.83. The molecule has 2 heterocycles. The van der Waals surface area contributed by atoms with Crippen LogP contribution in [0.25, 0.3) is 10.2 Å². The Morgan fingerprint density at radius 3 is 2.93 bits per heavy atom. The summed E-state index contributed by atoms with van der Waals surface area (Å²) in [5.74, 6) is 0.816. The van der Waals surface area contributed by atoms with Crippen molar-refractivity contribution in [3.63, 3.8) is 0 Å². The van der Waals surface area contributed by atoms with Crippen LogP contribution < -0.4 is 5.32 Å². The van der Waals surface area contributed by atoms with Gasteiger partial charge < -0.3 is 10.4 Å². The fourth-order valence-corrected chi connectivity index (χ4v) is 2.49. The maximum atomic E-state index is 8.77. The predicted octanol–water partition coefficient (Wildman–Crippen LogP) is 1.71. The van der Waals surface area contributed by atoms with Gasteiger partial charge in [0, 0.05) is 11.4 Å². The van der Waals surface area contributed by atoms with Gasteiger partial charge in [0.2, 0.25) is 0 Å². The SMILES string of the molecule is Cc1sc2ncnc(NCCO)c2c1C. The van der Waals surface area contributed by atoms with Gasteiger partial charge in [-0.05, 0) is 19.4 Å². The van der Waals surface area contributed by atoms with Crippen molar-refractivity contribution in [3.8, 4) is 0 Å². The standard InChI is InChI=1S/C10H13N3OS/c1-6-7(2)15-10-8(6)9(11-3-4-14)12-5-13-10/h5,14H,3-4H2,1-2H3,(H,11,12,13). The summed E-state index contributed by atoms with van der Waals surface area (Å²) in [6.45, 7) is 4.77. The Hall–Kier alpha value is -1.20. The molecule has 4 nitrogen and oxygen atoms in total. The van der Waals surface area contributed by atoms with Crippen molar-refractivity contribution in [1.82, 2.24) is 9.97 Å². The summed E-state index contributed by atoms with van der Waals surface area (Å²) < 4.78 is 0. The molecule has 0 aromatic carbocycles. The van der Waals surface area contributed by atoms with Gasteiger partial charge in [0.05, 0.1) is 12.0 Å². The molecule has 2 rings (SSSR count). The van der Waals surface area contributed by atoms with Crippen LogP contribution in [-0.4, -0.2) is 28.2 Å². The predicted molar refractivity (Wildman–Crippen MR) is 62.5 cm³/mol. The molecule has 2 aromatic heterocycles. The third-order valence-electron chi connectivity index (χ3n) is 2.37. The Morgan fingerprint density at radius 1 is 1.40 bits per heavy atom. The van der Waals surface area contributed by atoms with Gasteiger partial charge in [-0.25, -0.2) is 9.97 Å². The number of fused-ring (bicyclic) bond motifs is 1. The largest absolute Gasteiger partial charge is 0.395 e. The minimum atomic E-state index is 0.105. The molecule has 0 atom stereocenters. The maximum Gasteiger partial charge on any atom is 0.138 e. The van der Waals surface area contributed by atoms with E-state index in [1.54, 1.807) is 17.7 Å². The highest BCUT2D eigenvalue weighted by Crippen LogP contribution is 2.32. The molecule has 80 valence electrons. The van der Waals surface area contributed by atoms with Crippen LogP contribution in [0.4, 0.5) is 5.82 Å². The van der Waals surface area contributed by atoms with Crippen molar-refractivity contribution in [2.24, 2.45) is 0 Å². The first-order valence-electron chi connectivity index (χ1n) is 4.79. The Bertz CT molecular complexity index is 481. The number of aromatic nitrogens is 2. The van der Waals surface area contributed by atoms with Crippen molar-refractivity contribution in [3.05, 3.63) is 16.8 Å². The van der Waals surface area contributed by atoms with E-state index in [9.17, 15) is 0 Å². The molecule has 0 aliphatic heterocycles. The summed E-state index contributed by atoms with van der Waals surface area (Å²) in [6, 6.07) is 0. The minimum Gasteiger partial charge on any atom is -0.395 e. The van der Waals surface area contributed by atoms with E-state index >= 15 is 0 Å². The number of hydrogen-bond acceptors (Lipinski definition) is 5. The summed E-state index contributed by atoms with van der Waals surface area (Å²) in [4.78, 5) is 10.7. The summed E-state index contributed by atoms with van der Waals surface area (Å²) in [6.07, 6.45) is 1.55. The molecule has 5 heteroatoms. The number of anilines is 1. The van der Waals surface area contributed by atoms with E-state index in [0.29, 0.717) is 6.54 Å². The fourth-order valence-electron chi connectivity index (χ4n) is 1.49. The van der Waals surface area contributed by atoms with Crippen molar-refractivity contribution < 1.29 is 5.11 Å². The zero-order valence-corrected chi connectivity index (χ0v) is 9.56. The van der Waals surface area contributed by atoms with Gasteiger partial charge in [-0.3, -0.25) is 0 Å². The van der Waals surface area contributed by atoms with E-state index in [4.69, 9.17) is 5.11 Å². The van der Waals surface area contributed by atoms with E-state index in [2.05, 4.69) is 29.1 Å². The molecule has 0 aliphatic rings. The number of hydrogen-bond donors (Lipinski definition) is 2. The van der Waals surface area contributed by atoms with Crippen LogP contribution in [-0.2, 0) is 0 Å². The number of nitrogens with zero attached hydrogens (tertiary/aromatic N) is 2. The van der Waals surface area contributed by atoms with Gasteiger partial charge >= 0.3 is 0 Å². The smallest absolute Gasteiger partial charge is 0.138 e. The van der Waals surface area contributed by atoms with Crippen molar-refractivity contribution in [2.45, 2.75) is 13.8 Å². The molecule has 0 fully saturated rings. The zero-order chi connectivity index (χ0) is 10.8. The zero-order valence-electron chi connectivity index (χ0n) is 8.74. The molecule has 2 aromatic rings. The minimum absolute atomic E-state index is 0.105.